The number of unbranched alkanes of at least 4 members (excludes halogenated alkanes) is 8. The summed E-state index contributed by atoms with van der Waals surface area (Å²) in [6, 6.07) is 0. The lowest BCUT2D eigenvalue weighted by atomic mass is 10.1. The zero-order valence-corrected chi connectivity index (χ0v) is 20.1. The minimum absolute atomic E-state index is 0.283. The molecule has 180 valence electrons. The summed E-state index contributed by atoms with van der Waals surface area (Å²) in [5.41, 5.74) is 0. The molecule has 0 spiro atoms. The maximum Gasteiger partial charge on any atom is 0.512 e. The van der Waals surface area contributed by atoms with Crippen LogP contribution in [0.4, 0.5) is 0 Å². The zero-order valence-electron chi connectivity index (χ0n) is 19.2. The van der Waals surface area contributed by atoms with E-state index < -0.39 is 26.5 Å². The molecule has 8 heteroatoms. The first-order valence-corrected chi connectivity index (χ1v) is 13.0. The first kappa shape index (κ1) is 29.9. The van der Waals surface area contributed by atoms with E-state index in [1.54, 1.807) is 0 Å². The predicted octanol–water partition coefficient (Wildman–Crippen LogP) is 6.02. The van der Waals surface area contributed by atoms with Crippen molar-refractivity contribution in [3.8, 4) is 0 Å². The molecule has 31 heavy (non-hydrogen) atoms. The number of aliphatic hydroxyl groups excluding tert-OH is 1. The molecular weight excluding hydrogens is 419 g/mol. The molecule has 0 fully saturated rings. The number of ether oxygens (including phenoxy) is 1. The number of carbonyl (C=O) groups excluding carboxylic acids is 1. The number of aliphatic hydroxyl groups is 1. The molecule has 7 nitrogen and oxygen atoms in total. The maximum absolute atomic E-state index is 11.7. The largest absolute Gasteiger partial charge is 0.512 e. The highest BCUT2D eigenvalue weighted by Crippen LogP contribution is 2.43. The van der Waals surface area contributed by atoms with Gasteiger partial charge in [0.05, 0.1) is 6.61 Å². The molecule has 0 radical (unpaired) electrons. The van der Waals surface area contributed by atoms with Crippen LogP contribution in [0, 0.1) is 6.61 Å². The Kier molecular flexibility index (Phi) is 20.0. The zero-order chi connectivity index (χ0) is 23.2. The number of rotatable bonds is 21. The van der Waals surface area contributed by atoms with Crippen LogP contribution in [0.3, 0.4) is 0 Å². The molecule has 2 unspecified atom stereocenters. The van der Waals surface area contributed by atoms with Crippen molar-refractivity contribution in [2.75, 3.05) is 13.2 Å². The molecule has 0 rings (SSSR count). The van der Waals surface area contributed by atoms with Gasteiger partial charge in [0, 0.05) is 6.42 Å². The van der Waals surface area contributed by atoms with Crippen LogP contribution in [-0.2, 0) is 23.1 Å². The minimum Gasteiger partial charge on any atom is -0.463 e. The molecule has 0 aromatic heterocycles. The van der Waals surface area contributed by atoms with Crippen LogP contribution in [0.5, 0.6) is 0 Å². The number of hydrogen-bond acceptors (Lipinski definition) is 6. The quantitative estimate of drug-likeness (QED) is 0.0708. The standard InChI is InChI=1S/C23H41O7P/c1-3-5-6-7-8-9-10-11-12-13-14-15-16-17-18-19-23(25)28-20-22(24)21-30-31(26,27)29-4-2/h4,8-9,11-12,22,24H,3,5-7,10,13-21H2,1-2H3/p+1. The van der Waals surface area contributed by atoms with Gasteiger partial charge in [-0.15, -0.1) is 0 Å². The van der Waals surface area contributed by atoms with Crippen LogP contribution in [0.25, 0.3) is 0 Å². The van der Waals surface area contributed by atoms with Crippen LogP contribution in [0.1, 0.15) is 90.9 Å². The van der Waals surface area contributed by atoms with Gasteiger partial charge in [0.2, 0.25) is 6.61 Å². The van der Waals surface area contributed by atoms with Crippen molar-refractivity contribution in [2.45, 2.75) is 97.0 Å². The average molecular weight is 462 g/mol. The number of phosphoric ester groups is 1. The molecule has 0 aliphatic carbocycles. The predicted molar refractivity (Wildman–Crippen MR) is 123 cm³/mol. The monoisotopic (exact) mass is 461 g/mol. The molecule has 0 heterocycles. The van der Waals surface area contributed by atoms with Gasteiger partial charge in [0.15, 0.2) is 0 Å². The van der Waals surface area contributed by atoms with Crippen molar-refractivity contribution >= 4 is 13.8 Å². The SMILES string of the molecule is C[CH+]OP(=O)(O)OCC(O)COC(=O)CCCCCCCC=CCC=CCCCCC. The van der Waals surface area contributed by atoms with E-state index in [0.717, 1.165) is 51.6 Å². The molecule has 0 aliphatic heterocycles. The van der Waals surface area contributed by atoms with Gasteiger partial charge in [-0.2, -0.15) is 0 Å². The van der Waals surface area contributed by atoms with Gasteiger partial charge < -0.3 is 14.7 Å². The molecule has 2 N–H and O–H groups in total. The Morgan fingerprint density at radius 2 is 1.58 bits per heavy atom. The fourth-order valence-electron chi connectivity index (χ4n) is 2.73. The third-order valence-corrected chi connectivity index (χ3v) is 5.39. The Balaban J connectivity index is 3.51. The van der Waals surface area contributed by atoms with Gasteiger partial charge >= 0.3 is 13.8 Å². The Morgan fingerprint density at radius 3 is 2.23 bits per heavy atom. The molecule has 0 aromatic rings. The molecule has 0 saturated heterocycles. The number of hydrogen-bond donors (Lipinski definition) is 2. The number of esters is 1. The van der Waals surface area contributed by atoms with Gasteiger partial charge in [0.25, 0.3) is 0 Å². The van der Waals surface area contributed by atoms with Crippen LogP contribution >= 0.6 is 7.82 Å². The minimum atomic E-state index is -4.20. The smallest absolute Gasteiger partial charge is 0.463 e. The summed E-state index contributed by atoms with van der Waals surface area (Å²) < 4.78 is 25.2. The Hall–Kier alpha value is -1.11. The van der Waals surface area contributed by atoms with E-state index in [1.165, 1.54) is 32.6 Å². The Morgan fingerprint density at radius 1 is 0.968 bits per heavy atom. The van der Waals surface area contributed by atoms with Crippen molar-refractivity contribution in [1.82, 2.24) is 0 Å². The second kappa shape index (κ2) is 20.8. The highest BCUT2D eigenvalue weighted by Gasteiger charge is 2.27. The Labute approximate surface area is 188 Å². The lowest BCUT2D eigenvalue weighted by Crippen LogP contribution is -2.23. The van der Waals surface area contributed by atoms with E-state index in [2.05, 4.69) is 40.3 Å². The summed E-state index contributed by atoms with van der Waals surface area (Å²) in [5.74, 6) is -0.393. The third-order valence-electron chi connectivity index (χ3n) is 4.44. The molecule has 0 aliphatic rings. The van der Waals surface area contributed by atoms with Crippen molar-refractivity contribution in [1.29, 1.82) is 0 Å². The van der Waals surface area contributed by atoms with E-state index in [0.29, 0.717) is 6.42 Å². The van der Waals surface area contributed by atoms with Crippen LogP contribution in [0.15, 0.2) is 24.3 Å². The lowest BCUT2D eigenvalue weighted by Gasteiger charge is -2.12. The van der Waals surface area contributed by atoms with Crippen molar-refractivity contribution in [3.63, 3.8) is 0 Å². The van der Waals surface area contributed by atoms with Gasteiger partial charge in [0.1, 0.15) is 19.6 Å². The summed E-state index contributed by atoms with van der Waals surface area (Å²) in [6.07, 6.45) is 20.3. The first-order chi connectivity index (χ1) is 14.9. The third kappa shape index (κ3) is 21.9. The summed E-state index contributed by atoms with van der Waals surface area (Å²) in [7, 11) is -4.20. The highest BCUT2D eigenvalue weighted by molar-refractivity contribution is 7.47. The van der Waals surface area contributed by atoms with E-state index in [1.807, 2.05) is 0 Å². The van der Waals surface area contributed by atoms with Gasteiger partial charge in [-0.05, 0) is 38.5 Å². The molecule has 0 amide bonds. The van der Waals surface area contributed by atoms with Gasteiger partial charge in [-0.25, -0.2) is 4.57 Å². The summed E-state index contributed by atoms with van der Waals surface area (Å²) in [4.78, 5) is 20.9. The Bertz CT molecular complexity index is 534. The topological polar surface area (TPSA) is 102 Å². The van der Waals surface area contributed by atoms with Crippen molar-refractivity contribution in [3.05, 3.63) is 30.9 Å². The van der Waals surface area contributed by atoms with E-state index in [9.17, 15) is 19.4 Å². The van der Waals surface area contributed by atoms with Gasteiger partial charge in [-0.1, -0.05) is 67.9 Å². The maximum atomic E-state index is 11.7. The second-order valence-electron chi connectivity index (χ2n) is 7.42. The summed E-state index contributed by atoms with van der Waals surface area (Å²) >= 11 is 0. The number of allylic oxidation sites excluding steroid dienone is 4. The van der Waals surface area contributed by atoms with E-state index in [4.69, 9.17) is 4.74 Å². The highest BCUT2D eigenvalue weighted by atomic mass is 31.2. The van der Waals surface area contributed by atoms with Crippen LogP contribution in [0.2, 0.25) is 0 Å². The molecular formula is C23H42O7P+. The van der Waals surface area contributed by atoms with E-state index in [-0.39, 0.29) is 6.61 Å². The summed E-state index contributed by atoms with van der Waals surface area (Å²) in [5, 5.41) is 9.62. The second-order valence-corrected chi connectivity index (χ2v) is 8.83. The van der Waals surface area contributed by atoms with Gasteiger partial charge in [-0.3, -0.25) is 9.32 Å². The number of phosphoric acid groups is 1. The fourth-order valence-corrected chi connectivity index (χ4v) is 3.42. The van der Waals surface area contributed by atoms with Crippen molar-refractivity contribution < 1.29 is 33.1 Å². The molecule has 0 aromatic carbocycles. The summed E-state index contributed by atoms with van der Waals surface area (Å²) in [6.45, 7) is 3.93. The van der Waals surface area contributed by atoms with Crippen LogP contribution < -0.4 is 0 Å². The molecule has 2 atom stereocenters. The fraction of sp³-hybridized carbons (Fsp3) is 0.739. The molecule has 0 bridgehead atoms. The molecule has 0 saturated carbocycles. The van der Waals surface area contributed by atoms with Crippen LogP contribution in [-0.4, -0.2) is 35.3 Å². The average Bonchev–Trinajstić information content (AvgIpc) is 2.73. The van der Waals surface area contributed by atoms with Crippen molar-refractivity contribution in [2.24, 2.45) is 0 Å². The first-order valence-electron chi connectivity index (χ1n) is 11.5. The lowest BCUT2D eigenvalue weighted by molar-refractivity contribution is -0.147. The number of carbonyl (C=O) groups is 1. The van der Waals surface area contributed by atoms with E-state index >= 15 is 0 Å². The normalized spacial score (nSPS) is 14.7.